The number of hydrogen-bond acceptors (Lipinski definition) is 6. The van der Waals surface area contributed by atoms with E-state index in [1.54, 1.807) is 11.8 Å². The molecule has 148 valence electrons. The van der Waals surface area contributed by atoms with Crippen LogP contribution in [0.3, 0.4) is 0 Å². The molecule has 8 nitrogen and oxygen atoms in total. The highest BCUT2D eigenvalue weighted by Gasteiger charge is 2.52. The van der Waals surface area contributed by atoms with Crippen LogP contribution in [-0.4, -0.2) is 64.3 Å². The van der Waals surface area contributed by atoms with E-state index in [0.717, 1.165) is 37.3 Å². The number of primary amides is 1. The minimum absolute atomic E-state index is 0.0200. The number of rotatable bonds is 6. The average Bonchev–Trinajstić information content (AvgIpc) is 3.28. The van der Waals surface area contributed by atoms with E-state index in [1.807, 2.05) is 6.92 Å². The highest BCUT2D eigenvalue weighted by atomic mass is 32.2. The lowest BCUT2D eigenvalue weighted by molar-refractivity contribution is -0.148. The van der Waals surface area contributed by atoms with Crippen LogP contribution in [-0.2, 0) is 14.4 Å². The number of carbonyl (C=O) groups excluding carboxylic acids is 2. The van der Waals surface area contributed by atoms with E-state index in [1.165, 1.54) is 4.90 Å². The minimum Gasteiger partial charge on any atom is -0.477 e. The predicted octanol–water partition coefficient (Wildman–Crippen LogP) is -0.150. The molecule has 0 radical (unpaired) electrons. The van der Waals surface area contributed by atoms with Crippen LogP contribution in [0.1, 0.15) is 32.6 Å². The van der Waals surface area contributed by atoms with Gasteiger partial charge in [-0.25, -0.2) is 4.79 Å². The van der Waals surface area contributed by atoms with Gasteiger partial charge in [0.2, 0.25) is 11.8 Å². The fourth-order valence-electron chi connectivity index (χ4n) is 4.85. The van der Waals surface area contributed by atoms with Gasteiger partial charge in [0.25, 0.3) is 0 Å². The molecule has 0 spiro atoms. The average molecular weight is 394 g/mol. The molecular formula is C18H26N4O4S. The molecule has 5 N–H and O–H groups in total. The SMILES string of the molecule is CC1C(SC2CNC(CC3CNC(C(N)=O)C3)C2)=C(C(=O)O)N2C(=O)CC12. The maximum absolute atomic E-state index is 11.8. The van der Waals surface area contributed by atoms with Crippen molar-refractivity contribution in [3.8, 4) is 0 Å². The van der Waals surface area contributed by atoms with E-state index in [0.29, 0.717) is 23.6 Å². The van der Waals surface area contributed by atoms with Crippen molar-refractivity contribution in [1.29, 1.82) is 0 Å². The minimum atomic E-state index is -1.00. The number of carboxylic acids is 1. The molecule has 3 fully saturated rings. The predicted molar refractivity (Wildman–Crippen MR) is 101 cm³/mol. The molecule has 0 aromatic rings. The van der Waals surface area contributed by atoms with Gasteiger partial charge < -0.3 is 26.4 Å². The van der Waals surface area contributed by atoms with Gasteiger partial charge in [-0.2, -0.15) is 0 Å². The monoisotopic (exact) mass is 394 g/mol. The Bertz CT molecular complexity index is 711. The van der Waals surface area contributed by atoms with Gasteiger partial charge >= 0.3 is 5.97 Å². The molecule has 0 aromatic carbocycles. The van der Waals surface area contributed by atoms with Crippen LogP contribution in [0.2, 0.25) is 0 Å². The molecule has 2 amide bonds. The molecule has 6 unspecified atom stereocenters. The van der Waals surface area contributed by atoms with Crippen LogP contribution < -0.4 is 16.4 Å². The highest BCUT2D eigenvalue weighted by Crippen LogP contribution is 2.48. The maximum atomic E-state index is 11.8. The molecule has 27 heavy (non-hydrogen) atoms. The first kappa shape index (κ1) is 18.8. The zero-order valence-electron chi connectivity index (χ0n) is 15.3. The molecule has 6 atom stereocenters. The summed E-state index contributed by atoms with van der Waals surface area (Å²) in [5, 5.41) is 16.6. The third kappa shape index (κ3) is 3.36. The van der Waals surface area contributed by atoms with Gasteiger partial charge in [0.05, 0.1) is 12.1 Å². The Labute approximate surface area is 162 Å². The largest absolute Gasteiger partial charge is 0.477 e. The summed E-state index contributed by atoms with van der Waals surface area (Å²) in [6.07, 6.45) is 3.18. The molecule has 0 aliphatic carbocycles. The second kappa shape index (κ2) is 7.10. The van der Waals surface area contributed by atoms with E-state index < -0.39 is 5.97 Å². The molecule has 3 saturated heterocycles. The van der Waals surface area contributed by atoms with Crippen LogP contribution in [0.25, 0.3) is 0 Å². The smallest absolute Gasteiger partial charge is 0.353 e. The molecule has 4 heterocycles. The Morgan fingerprint density at radius 1 is 1.30 bits per heavy atom. The fraction of sp³-hybridized carbons (Fsp3) is 0.722. The number of nitrogens with two attached hydrogens (primary N) is 1. The quantitative estimate of drug-likeness (QED) is 0.462. The Hall–Kier alpha value is -1.58. The van der Waals surface area contributed by atoms with Crippen molar-refractivity contribution in [2.75, 3.05) is 13.1 Å². The number of nitrogens with zero attached hydrogens (tertiary/aromatic N) is 1. The first-order valence-electron chi connectivity index (χ1n) is 9.57. The summed E-state index contributed by atoms with van der Waals surface area (Å²) in [4.78, 5) is 37.2. The fourth-order valence-corrected chi connectivity index (χ4v) is 6.39. The number of thioether (sulfide) groups is 1. The summed E-state index contributed by atoms with van der Waals surface area (Å²) in [7, 11) is 0. The Balaban J connectivity index is 1.35. The van der Waals surface area contributed by atoms with Crippen LogP contribution in [0.15, 0.2) is 10.6 Å². The van der Waals surface area contributed by atoms with Crippen molar-refractivity contribution in [1.82, 2.24) is 15.5 Å². The van der Waals surface area contributed by atoms with Crippen LogP contribution >= 0.6 is 11.8 Å². The highest BCUT2D eigenvalue weighted by molar-refractivity contribution is 8.03. The first-order chi connectivity index (χ1) is 12.8. The summed E-state index contributed by atoms with van der Waals surface area (Å²) >= 11 is 1.63. The molecule has 0 saturated carbocycles. The first-order valence-corrected chi connectivity index (χ1v) is 10.4. The normalized spacial score (nSPS) is 38.3. The van der Waals surface area contributed by atoms with Crippen LogP contribution in [0, 0.1) is 11.8 Å². The van der Waals surface area contributed by atoms with Crippen molar-refractivity contribution in [2.24, 2.45) is 17.6 Å². The number of β-lactam (4-membered cyclic amide) rings is 1. The van der Waals surface area contributed by atoms with E-state index >= 15 is 0 Å². The van der Waals surface area contributed by atoms with E-state index in [4.69, 9.17) is 5.73 Å². The van der Waals surface area contributed by atoms with Gasteiger partial charge in [0.1, 0.15) is 5.70 Å². The zero-order valence-corrected chi connectivity index (χ0v) is 16.1. The van der Waals surface area contributed by atoms with Crippen molar-refractivity contribution in [3.05, 3.63) is 10.6 Å². The lowest BCUT2D eigenvalue weighted by Crippen LogP contribution is -2.51. The van der Waals surface area contributed by atoms with Crippen molar-refractivity contribution < 1.29 is 19.5 Å². The van der Waals surface area contributed by atoms with Crippen molar-refractivity contribution in [2.45, 2.75) is 56.0 Å². The topological polar surface area (TPSA) is 125 Å². The molecule has 4 aliphatic rings. The van der Waals surface area contributed by atoms with E-state index in [2.05, 4.69) is 10.6 Å². The van der Waals surface area contributed by atoms with Gasteiger partial charge in [0, 0.05) is 35.1 Å². The molecule has 4 aliphatic heterocycles. The van der Waals surface area contributed by atoms with E-state index in [9.17, 15) is 19.5 Å². The molecule has 0 aromatic heterocycles. The number of fused-ring (bicyclic) bond motifs is 1. The van der Waals surface area contributed by atoms with Crippen molar-refractivity contribution in [3.63, 3.8) is 0 Å². The Morgan fingerprint density at radius 2 is 2.07 bits per heavy atom. The third-order valence-corrected chi connectivity index (χ3v) is 7.82. The lowest BCUT2D eigenvalue weighted by Gasteiger charge is -2.37. The second-order valence-electron chi connectivity index (χ2n) is 8.12. The van der Waals surface area contributed by atoms with Crippen LogP contribution in [0.5, 0.6) is 0 Å². The number of nitrogens with one attached hydrogen (secondary N) is 2. The summed E-state index contributed by atoms with van der Waals surface area (Å²) in [6, 6.07) is 0.169. The number of aliphatic carboxylic acids is 1. The number of carboxylic acid groups (broad SMARTS) is 1. The molecular weight excluding hydrogens is 368 g/mol. The number of hydrogen-bond donors (Lipinski definition) is 4. The van der Waals surface area contributed by atoms with Gasteiger partial charge in [-0.3, -0.25) is 9.59 Å². The Kier molecular flexibility index (Phi) is 4.94. The van der Waals surface area contributed by atoms with Crippen LogP contribution in [0.4, 0.5) is 0 Å². The standard InChI is InChI=1S/C18H26N4O4S/c1-8-13-5-14(23)22(13)15(18(25)26)16(8)27-11-4-10(20-7-11)2-9-3-12(17(19)24)21-6-9/h8-13,20-21H,2-7H2,1H3,(H2,19,24)(H,25,26). The summed E-state index contributed by atoms with van der Waals surface area (Å²) in [6.45, 7) is 3.67. The lowest BCUT2D eigenvalue weighted by atomic mass is 9.94. The van der Waals surface area contributed by atoms with Gasteiger partial charge in [0.15, 0.2) is 0 Å². The number of amides is 2. The van der Waals surface area contributed by atoms with Gasteiger partial charge in [-0.1, -0.05) is 6.92 Å². The summed E-state index contributed by atoms with van der Waals surface area (Å²) in [5.74, 6) is -0.847. The number of carbonyl (C=O) groups is 3. The maximum Gasteiger partial charge on any atom is 0.353 e. The summed E-state index contributed by atoms with van der Waals surface area (Å²) in [5.41, 5.74) is 5.56. The second-order valence-corrected chi connectivity index (χ2v) is 9.47. The Morgan fingerprint density at radius 3 is 2.70 bits per heavy atom. The van der Waals surface area contributed by atoms with Gasteiger partial charge in [-0.05, 0) is 31.7 Å². The van der Waals surface area contributed by atoms with Crippen molar-refractivity contribution >= 4 is 29.5 Å². The molecule has 0 bridgehead atoms. The van der Waals surface area contributed by atoms with Gasteiger partial charge in [-0.15, -0.1) is 11.8 Å². The summed E-state index contributed by atoms with van der Waals surface area (Å²) < 4.78 is 0. The third-order valence-electron chi connectivity index (χ3n) is 6.31. The molecule has 9 heteroatoms. The zero-order chi connectivity index (χ0) is 19.3. The molecule has 4 rings (SSSR count). The van der Waals surface area contributed by atoms with E-state index in [-0.39, 0.29) is 35.5 Å².